The van der Waals surface area contributed by atoms with Gasteiger partial charge in [-0.3, -0.25) is 4.79 Å². The third-order valence-electron chi connectivity index (χ3n) is 3.24. The van der Waals surface area contributed by atoms with Gasteiger partial charge in [0, 0.05) is 17.2 Å². The van der Waals surface area contributed by atoms with Gasteiger partial charge in [-0.25, -0.2) is 0 Å². The summed E-state index contributed by atoms with van der Waals surface area (Å²) in [4.78, 5) is 12.3. The summed E-state index contributed by atoms with van der Waals surface area (Å²) in [7, 11) is 1.62. The maximum absolute atomic E-state index is 12.3. The van der Waals surface area contributed by atoms with Gasteiger partial charge in [0.15, 0.2) is 5.78 Å². The number of benzene rings is 2. The molecule has 0 saturated carbocycles. The Bertz CT molecular complexity index is 549. The number of carbonyl (C=O) groups is 1. The molecule has 1 unspecified atom stereocenters. The van der Waals surface area contributed by atoms with Crippen LogP contribution in [0.15, 0.2) is 54.6 Å². The highest BCUT2D eigenvalue weighted by Gasteiger charge is 2.16. The quantitative estimate of drug-likeness (QED) is 0.737. The number of thioether (sulfide) groups is 1. The van der Waals surface area contributed by atoms with Gasteiger partial charge in [-0.15, -0.1) is 0 Å². The molecule has 0 N–H and O–H groups in total. The summed E-state index contributed by atoms with van der Waals surface area (Å²) < 4.78 is 5.11. The number of methoxy groups -OCH3 is 1. The standard InChI is InChI=1S/C17H18O2S/c1-19-15-10-8-13(9-11-15)16(18)12-17(20-2)14-6-4-3-5-7-14/h3-11,17H,12H2,1-2H3. The molecule has 0 aliphatic rings. The SMILES string of the molecule is COc1ccc(C(=O)CC(SC)c2ccccc2)cc1. The van der Waals surface area contributed by atoms with E-state index in [2.05, 4.69) is 12.1 Å². The lowest BCUT2D eigenvalue weighted by atomic mass is 10.0. The average molecular weight is 286 g/mol. The van der Waals surface area contributed by atoms with Crippen molar-refractivity contribution in [3.8, 4) is 5.75 Å². The molecule has 0 saturated heterocycles. The molecule has 2 rings (SSSR count). The largest absolute Gasteiger partial charge is 0.497 e. The molecule has 0 fully saturated rings. The minimum absolute atomic E-state index is 0.163. The Morgan fingerprint density at radius 3 is 2.30 bits per heavy atom. The summed E-state index contributed by atoms with van der Waals surface area (Å²) in [6.45, 7) is 0. The first-order chi connectivity index (χ1) is 9.74. The first-order valence-electron chi connectivity index (χ1n) is 6.49. The normalized spacial score (nSPS) is 11.9. The van der Waals surface area contributed by atoms with Crippen LogP contribution in [0.2, 0.25) is 0 Å². The summed E-state index contributed by atoms with van der Waals surface area (Å²) in [5.74, 6) is 0.932. The second-order valence-corrected chi connectivity index (χ2v) is 5.53. The van der Waals surface area contributed by atoms with E-state index in [1.54, 1.807) is 18.9 Å². The lowest BCUT2D eigenvalue weighted by molar-refractivity contribution is 0.0982. The van der Waals surface area contributed by atoms with Gasteiger partial charge in [0.1, 0.15) is 5.75 Å². The Morgan fingerprint density at radius 2 is 1.75 bits per heavy atom. The van der Waals surface area contributed by atoms with E-state index in [9.17, 15) is 4.79 Å². The van der Waals surface area contributed by atoms with Crippen molar-refractivity contribution in [2.75, 3.05) is 13.4 Å². The maximum atomic E-state index is 12.3. The fourth-order valence-corrected chi connectivity index (χ4v) is 2.82. The van der Waals surface area contributed by atoms with Crippen LogP contribution in [-0.2, 0) is 0 Å². The molecule has 0 radical (unpaired) electrons. The van der Waals surface area contributed by atoms with Gasteiger partial charge in [0.05, 0.1) is 7.11 Å². The molecule has 0 spiro atoms. The second kappa shape index (κ2) is 7.15. The summed E-state index contributed by atoms with van der Waals surface area (Å²) in [6, 6.07) is 17.4. The van der Waals surface area contributed by atoms with Gasteiger partial charge in [0.2, 0.25) is 0 Å². The number of hydrogen-bond donors (Lipinski definition) is 0. The zero-order valence-corrected chi connectivity index (χ0v) is 12.5. The molecule has 20 heavy (non-hydrogen) atoms. The molecule has 2 nitrogen and oxygen atoms in total. The minimum Gasteiger partial charge on any atom is -0.497 e. The van der Waals surface area contributed by atoms with Crippen LogP contribution < -0.4 is 4.74 Å². The second-order valence-electron chi connectivity index (χ2n) is 4.49. The van der Waals surface area contributed by atoms with E-state index in [0.29, 0.717) is 6.42 Å². The number of ether oxygens (including phenoxy) is 1. The van der Waals surface area contributed by atoms with Crippen LogP contribution >= 0.6 is 11.8 Å². The molecular formula is C17H18O2S. The van der Waals surface area contributed by atoms with E-state index < -0.39 is 0 Å². The lowest BCUT2D eigenvalue weighted by Crippen LogP contribution is -2.05. The molecule has 0 bridgehead atoms. The van der Waals surface area contributed by atoms with E-state index in [1.807, 2.05) is 48.7 Å². The Labute approximate surface area is 124 Å². The average Bonchev–Trinajstić information content (AvgIpc) is 2.53. The van der Waals surface area contributed by atoms with Gasteiger partial charge < -0.3 is 4.74 Å². The summed E-state index contributed by atoms with van der Waals surface area (Å²) in [5, 5.41) is 0.200. The number of Topliss-reactive ketones (excluding diaryl/α,β-unsaturated/α-hetero) is 1. The smallest absolute Gasteiger partial charge is 0.164 e. The van der Waals surface area contributed by atoms with Crippen molar-refractivity contribution in [1.29, 1.82) is 0 Å². The van der Waals surface area contributed by atoms with Crippen molar-refractivity contribution >= 4 is 17.5 Å². The molecule has 0 amide bonds. The Balaban J connectivity index is 2.09. The Hall–Kier alpha value is -1.74. The molecule has 0 aliphatic heterocycles. The zero-order valence-electron chi connectivity index (χ0n) is 11.7. The Kier molecular flexibility index (Phi) is 5.24. The van der Waals surface area contributed by atoms with Crippen molar-refractivity contribution in [3.63, 3.8) is 0 Å². The van der Waals surface area contributed by atoms with Crippen LogP contribution in [0.25, 0.3) is 0 Å². The van der Waals surface area contributed by atoms with Gasteiger partial charge >= 0.3 is 0 Å². The molecular weight excluding hydrogens is 268 g/mol. The van der Waals surface area contributed by atoms with Crippen molar-refractivity contribution in [2.24, 2.45) is 0 Å². The number of carbonyl (C=O) groups excluding carboxylic acids is 1. The first-order valence-corrected chi connectivity index (χ1v) is 7.78. The fraction of sp³-hybridized carbons (Fsp3) is 0.235. The van der Waals surface area contributed by atoms with Crippen LogP contribution in [-0.4, -0.2) is 19.1 Å². The van der Waals surface area contributed by atoms with Gasteiger partial charge in [-0.2, -0.15) is 11.8 Å². The summed E-state index contributed by atoms with van der Waals surface area (Å²) in [6.07, 6.45) is 2.55. The third-order valence-corrected chi connectivity index (χ3v) is 4.25. The fourth-order valence-electron chi connectivity index (χ4n) is 2.07. The van der Waals surface area contributed by atoms with Crippen molar-refractivity contribution in [2.45, 2.75) is 11.7 Å². The predicted octanol–water partition coefficient (Wildman–Crippen LogP) is 4.37. The highest BCUT2D eigenvalue weighted by atomic mass is 32.2. The van der Waals surface area contributed by atoms with Crippen molar-refractivity contribution in [1.82, 2.24) is 0 Å². The van der Waals surface area contributed by atoms with Gasteiger partial charge in [-0.05, 0) is 36.1 Å². The molecule has 3 heteroatoms. The minimum atomic E-state index is 0.163. The van der Waals surface area contributed by atoms with Crippen molar-refractivity contribution < 1.29 is 9.53 Å². The van der Waals surface area contributed by atoms with Crippen LogP contribution in [0.3, 0.4) is 0 Å². The van der Waals surface area contributed by atoms with E-state index in [0.717, 1.165) is 11.3 Å². The maximum Gasteiger partial charge on any atom is 0.164 e. The van der Waals surface area contributed by atoms with Crippen LogP contribution in [0.5, 0.6) is 5.75 Å². The van der Waals surface area contributed by atoms with Crippen LogP contribution in [0.4, 0.5) is 0 Å². The summed E-state index contributed by atoms with van der Waals surface area (Å²) in [5.41, 5.74) is 1.93. The number of hydrogen-bond acceptors (Lipinski definition) is 3. The monoisotopic (exact) mass is 286 g/mol. The van der Waals surface area contributed by atoms with Gasteiger partial charge in [-0.1, -0.05) is 30.3 Å². The highest BCUT2D eigenvalue weighted by Crippen LogP contribution is 2.31. The molecule has 104 valence electrons. The molecule has 0 heterocycles. The molecule has 2 aromatic rings. The molecule has 1 atom stereocenters. The van der Waals surface area contributed by atoms with E-state index >= 15 is 0 Å². The first kappa shape index (κ1) is 14.7. The van der Waals surface area contributed by atoms with Crippen molar-refractivity contribution in [3.05, 3.63) is 65.7 Å². The zero-order chi connectivity index (χ0) is 14.4. The van der Waals surface area contributed by atoms with Gasteiger partial charge in [0.25, 0.3) is 0 Å². The van der Waals surface area contributed by atoms with E-state index in [1.165, 1.54) is 5.56 Å². The van der Waals surface area contributed by atoms with E-state index in [4.69, 9.17) is 4.74 Å². The Morgan fingerprint density at radius 1 is 1.10 bits per heavy atom. The number of ketones is 1. The number of rotatable bonds is 6. The topological polar surface area (TPSA) is 26.3 Å². The third kappa shape index (κ3) is 3.64. The summed E-state index contributed by atoms with van der Waals surface area (Å²) >= 11 is 1.71. The predicted molar refractivity (Wildman–Crippen MR) is 84.6 cm³/mol. The molecule has 0 aromatic heterocycles. The molecule has 2 aromatic carbocycles. The lowest BCUT2D eigenvalue weighted by Gasteiger charge is -2.14. The molecule has 0 aliphatic carbocycles. The van der Waals surface area contributed by atoms with E-state index in [-0.39, 0.29) is 11.0 Å². The van der Waals surface area contributed by atoms with Crippen LogP contribution in [0, 0.1) is 0 Å². The highest BCUT2D eigenvalue weighted by molar-refractivity contribution is 7.98. The van der Waals surface area contributed by atoms with Crippen LogP contribution in [0.1, 0.15) is 27.6 Å².